The lowest BCUT2D eigenvalue weighted by atomic mass is 10.2. The molecule has 0 spiro atoms. The highest BCUT2D eigenvalue weighted by Crippen LogP contribution is 2.19. The zero-order chi connectivity index (χ0) is 15.2. The Bertz CT molecular complexity index is 631. The fraction of sp³-hybridized carbons (Fsp3) is 0.250. The van der Waals surface area contributed by atoms with E-state index in [4.69, 9.17) is 4.74 Å². The number of hydrogen-bond donors (Lipinski definition) is 1. The summed E-state index contributed by atoms with van der Waals surface area (Å²) in [7, 11) is 0. The van der Waals surface area contributed by atoms with Crippen LogP contribution in [-0.4, -0.2) is 18.5 Å². The molecule has 0 radical (unpaired) electrons. The molecule has 4 nitrogen and oxygen atoms in total. The van der Waals surface area contributed by atoms with Gasteiger partial charge in [-0.15, -0.1) is 11.3 Å². The Balaban J connectivity index is 2.07. The molecule has 1 heterocycles. The predicted octanol–water partition coefficient (Wildman–Crippen LogP) is 3.74. The van der Waals surface area contributed by atoms with Crippen LogP contribution in [0.1, 0.15) is 39.4 Å². The first-order valence-electron chi connectivity index (χ1n) is 6.80. The van der Waals surface area contributed by atoms with Crippen molar-refractivity contribution in [2.24, 2.45) is 0 Å². The smallest absolute Gasteiger partial charge is 0.338 e. The molecule has 1 amide bonds. The second-order valence-electron chi connectivity index (χ2n) is 4.38. The molecule has 5 heteroatoms. The number of esters is 1. The van der Waals surface area contributed by atoms with Crippen LogP contribution in [-0.2, 0) is 11.2 Å². The van der Waals surface area contributed by atoms with Crippen LogP contribution in [0.5, 0.6) is 0 Å². The number of aryl methyl sites for hydroxylation is 1. The monoisotopic (exact) mass is 303 g/mol. The van der Waals surface area contributed by atoms with Gasteiger partial charge in [0.1, 0.15) is 0 Å². The predicted molar refractivity (Wildman–Crippen MR) is 84.0 cm³/mol. The number of ether oxygens (including phenoxy) is 1. The number of anilines is 1. The van der Waals surface area contributed by atoms with Gasteiger partial charge in [-0.05, 0) is 54.6 Å². The number of hydrogen-bond acceptors (Lipinski definition) is 4. The Labute approximate surface area is 127 Å². The van der Waals surface area contributed by atoms with Gasteiger partial charge in [0.25, 0.3) is 5.91 Å². The maximum atomic E-state index is 12.2. The molecular weight excluding hydrogens is 286 g/mol. The van der Waals surface area contributed by atoms with Gasteiger partial charge < -0.3 is 10.1 Å². The van der Waals surface area contributed by atoms with Crippen molar-refractivity contribution in [1.29, 1.82) is 0 Å². The van der Waals surface area contributed by atoms with Gasteiger partial charge in [-0.2, -0.15) is 0 Å². The number of nitrogens with one attached hydrogen (secondary N) is 1. The number of amides is 1. The van der Waals surface area contributed by atoms with Crippen LogP contribution in [0, 0.1) is 0 Å². The van der Waals surface area contributed by atoms with E-state index in [-0.39, 0.29) is 11.9 Å². The number of carbonyl (C=O) groups excluding carboxylic acids is 2. The van der Waals surface area contributed by atoms with E-state index in [0.717, 1.165) is 16.9 Å². The number of rotatable bonds is 5. The average molecular weight is 303 g/mol. The summed E-state index contributed by atoms with van der Waals surface area (Å²) < 4.78 is 4.91. The van der Waals surface area contributed by atoms with Crippen molar-refractivity contribution in [1.82, 2.24) is 0 Å². The van der Waals surface area contributed by atoms with Crippen LogP contribution in [0.3, 0.4) is 0 Å². The highest BCUT2D eigenvalue weighted by atomic mass is 32.1. The lowest BCUT2D eigenvalue weighted by molar-refractivity contribution is 0.0526. The summed E-state index contributed by atoms with van der Waals surface area (Å²) in [5.41, 5.74) is 2.17. The molecule has 1 N–H and O–H groups in total. The molecule has 0 bridgehead atoms. The number of carbonyl (C=O) groups is 2. The lowest BCUT2D eigenvalue weighted by Crippen LogP contribution is -2.12. The summed E-state index contributed by atoms with van der Waals surface area (Å²) in [4.78, 5) is 24.5. The van der Waals surface area contributed by atoms with Gasteiger partial charge in [0.05, 0.1) is 17.0 Å². The van der Waals surface area contributed by atoms with E-state index in [0.29, 0.717) is 17.9 Å². The van der Waals surface area contributed by atoms with Gasteiger partial charge in [-0.3, -0.25) is 4.79 Å². The van der Waals surface area contributed by atoms with Gasteiger partial charge in [0, 0.05) is 5.69 Å². The zero-order valence-electron chi connectivity index (χ0n) is 12.0. The molecule has 1 aromatic heterocycles. The third kappa shape index (κ3) is 3.70. The minimum Gasteiger partial charge on any atom is -0.462 e. The van der Waals surface area contributed by atoms with Crippen LogP contribution in [0.4, 0.5) is 5.69 Å². The van der Waals surface area contributed by atoms with Gasteiger partial charge in [0.15, 0.2) is 0 Å². The van der Waals surface area contributed by atoms with Gasteiger partial charge >= 0.3 is 5.97 Å². The molecule has 110 valence electrons. The van der Waals surface area contributed by atoms with E-state index in [2.05, 4.69) is 5.32 Å². The van der Waals surface area contributed by atoms with E-state index >= 15 is 0 Å². The fourth-order valence-corrected chi connectivity index (χ4v) is 2.80. The number of thiophene rings is 1. The standard InChI is InChI=1S/C16H17NO3S/c1-3-11-9-10-21-14(11)15(18)17-13-7-5-12(6-8-13)16(19)20-4-2/h5-10H,3-4H2,1-2H3,(H,17,18). The summed E-state index contributed by atoms with van der Waals surface area (Å²) in [6.07, 6.45) is 0.827. The Morgan fingerprint density at radius 2 is 1.86 bits per heavy atom. The second kappa shape index (κ2) is 7.04. The maximum absolute atomic E-state index is 12.2. The summed E-state index contributed by atoms with van der Waals surface area (Å²) in [6.45, 7) is 4.13. The topological polar surface area (TPSA) is 55.4 Å². The SMILES string of the molecule is CCOC(=O)c1ccc(NC(=O)c2sccc2CC)cc1. The molecule has 0 atom stereocenters. The zero-order valence-corrected chi connectivity index (χ0v) is 12.8. The molecule has 2 rings (SSSR count). The maximum Gasteiger partial charge on any atom is 0.338 e. The molecule has 0 aliphatic rings. The Morgan fingerprint density at radius 1 is 1.14 bits per heavy atom. The molecule has 2 aromatic rings. The van der Waals surface area contributed by atoms with Gasteiger partial charge in [0.2, 0.25) is 0 Å². The molecule has 21 heavy (non-hydrogen) atoms. The molecule has 0 saturated carbocycles. The first-order valence-corrected chi connectivity index (χ1v) is 7.68. The van der Waals surface area contributed by atoms with E-state index in [1.54, 1.807) is 31.2 Å². The molecule has 0 fully saturated rings. The van der Waals surface area contributed by atoms with Gasteiger partial charge in [-0.1, -0.05) is 6.92 Å². The van der Waals surface area contributed by atoms with Crippen molar-refractivity contribution in [3.05, 3.63) is 51.7 Å². The molecule has 1 aromatic carbocycles. The lowest BCUT2D eigenvalue weighted by Gasteiger charge is -2.06. The van der Waals surface area contributed by atoms with Crippen LogP contribution >= 0.6 is 11.3 Å². The quantitative estimate of drug-likeness (QED) is 0.856. The molecule has 0 aliphatic heterocycles. The van der Waals surface area contributed by atoms with Crippen LogP contribution in [0.25, 0.3) is 0 Å². The Hall–Kier alpha value is -2.14. The molecular formula is C16H17NO3S. The summed E-state index contributed by atoms with van der Waals surface area (Å²) in [5, 5.41) is 4.75. The summed E-state index contributed by atoms with van der Waals surface area (Å²) in [5.74, 6) is -0.479. The van der Waals surface area contributed by atoms with E-state index < -0.39 is 0 Å². The highest BCUT2D eigenvalue weighted by Gasteiger charge is 2.12. The third-order valence-corrected chi connectivity index (χ3v) is 3.94. The van der Waals surface area contributed by atoms with E-state index in [1.165, 1.54) is 11.3 Å². The van der Waals surface area contributed by atoms with Gasteiger partial charge in [-0.25, -0.2) is 4.79 Å². The van der Waals surface area contributed by atoms with Crippen LogP contribution in [0.15, 0.2) is 35.7 Å². The summed E-state index contributed by atoms with van der Waals surface area (Å²) >= 11 is 1.43. The molecule has 0 unspecified atom stereocenters. The van der Waals surface area contributed by atoms with Crippen LogP contribution < -0.4 is 5.32 Å². The minimum atomic E-state index is -0.359. The molecule has 0 saturated heterocycles. The molecule has 0 aliphatic carbocycles. The third-order valence-electron chi connectivity index (χ3n) is 2.99. The normalized spacial score (nSPS) is 10.2. The van der Waals surface area contributed by atoms with Crippen molar-refractivity contribution >= 4 is 28.9 Å². The second-order valence-corrected chi connectivity index (χ2v) is 5.30. The largest absolute Gasteiger partial charge is 0.462 e. The van der Waals surface area contributed by atoms with Crippen molar-refractivity contribution in [3.63, 3.8) is 0 Å². The van der Waals surface area contributed by atoms with Crippen molar-refractivity contribution in [3.8, 4) is 0 Å². The highest BCUT2D eigenvalue weighted by molar-refractivity contribution is 7.12. The average Bonchev–Trinajstić information content (AvgIpc) is 2.97. The Kier molecular flexibility index (Phi) is 5.11. The van der Waals surface area contributed by atoms with E-state index in [1.807, 2.05) is 18.4 Å². The first-order chi connectivity index (χ1) is 10.2. The first kappa shape index (κ1) is 15.3. The summed E-state index contributed by atoms with van der Waals surface area (Å²) in [6, 6.07) is 8.64. The number of benzene rings is 1. The van der Waals surface area contributed by atoms with Crippen molar-refractivity contribution in [2.45, 2.75) is 20.3 Å². The fourth-order valence-electron chi connectivity index (χ4n) is 1.91. The van der Waals surface area contributed by atoms with E-state index in [9.17, 15) is 9.59 Å². The van der Waals surface area contributed by atoms with Crippen LogP contribution in [0.2, 0.25) is 0 Å². The minimum absolute atomic E-state index is 0.120. The van der Waals surface area contributed by atoms with Crippen molar-refractivity contribution in [2.75, 3.05) is 11.9 Å². The Morgan fingerprint density at radius 3 is 2.48 bits per heavy atom. The van der Waals surface area contributed by atoms with Crippen molar-refractivity contribution < 1.29 is 14.3 Å².